The second kappa shape index (κ2) is 6.41. The van der Waals surface area contributed by atoms with E-state index in [0.29, 0.717) is 26.7 Å². The fourth-order valence-electron chi connectivity index (χ4n) is 1.96. The molecule has 0 spiro atoms. The fourth-order valence-corrected chi connectivity index (χ4v) is 1.96. The molecule has 2 saturated heterocycles. The van der Waals surface area contributed by atoms with Crippen LogP contribution >= 0.6 is 0 Å². The van der Waals surface area contributed by atoms with Gasteiger partial charge in [-0.2, -0.15) is 0 Å². The van der Waals surface area contributed by atoms with Gasteiger partial charge in [0.15, 0.2) is 0 Å². The first-order valence-electron chi connectivity index (χ1n) is 6.22. The van der Waals surface area contributed by atoms with Gasteiger partial charge >= 0.3 is 12.1 Å². The zero-order valence-electron chi connectivity index (χ0n) is 10.4. The van der Waals surface area contributed by atoms with Crippen LogP contribution in [0.4, 0.5) is 9.59 Å². The van der Waals surface area contributed by atoms with Gasteiger partial charge in [-0.05, 0) is 12.8 Å². The normalized spacial score (nSPS) is 21.8. The summed E-state index contributed by atoms with van der Waals surface area (Å²) < 4.78 is 0. The van der Waals surface area contributed by atoms with E-state index in [0.717, 1.165) is 25.9 Å². The number of hydrogen-bond donors (Lipinski definition) is 4. The highest BCUT2D eigenvalue weighted by molar-refractivity contribution is 5.74. The van der Waals surface area contributed by atoms with Gasteiger partial charge in [0.2, 0.25) is 0 Å². The maximum atomic E-state index is 10.9. The Morgan fingerprint density at radius 2 is 1.06 bits per heavy atom. The predicted octanol–water partition coefficient (Wildman–Crippen LogP) is -1.17. The van der Waals surface area contributed by atoms with E-state index in [2.05, 4.69) is 31.1 Å². The summed E-state index contributed by atoms with van der Waals surface area (Å²) >= 11 is 0. The molecule has 4 N–H and O–H groups in total. The second-order valence-corrected chi connectivity index (χ2v) is 4.49. The van der Waals surface area contributed by atoms with Gasteiger partial charge in [0.1, 0.15) is 0 Å². The molecule has 0 aliphatic carbocycles. The van der Waals surface area contributed by atoms with E-state index >= 15 is 0 Å². The molecule has 0 bridgehead atoms. The van der Waals surface area contributed by atoms with E-state index in [4.69, 9.17) is 0 Å². The summed E-state index contributed by atoms with van der Waals surface area (Å²) in [4.78, 5) is 26.1. The molecule has 0 radical (unpaired) electrons. The molecular weight excluding hydrogens is 236 g/mol. The molecule has 4 amide bonds. The van der Waals surface area contributed by atoms with Crippen molar-refractivity contribution in [2.45, 2.75) is 12.8 Å². The average molecular weight is 256 g/mol. The molecule has 2 rings (SSSR count). The van der Waals surface area contributed by atoms with Crippen LogP contribution in [0.3, 0.4) is 0 Å². The Kier molecular flexibility index (Phi) is 4.59. The second-order valence-electron chi connectivity index (χ2n) is 4.49. The minimum atomic E-state index is -0.0959. The van der Waals surface area contributed by atoms with Crippen molar-refractivity contribution >= 4 is 12.1 Å². The van der Waals surface area contributed by atoms with Crippen molar-refractivity contribution in [3.05, 3.63) is 0 Å². The first kappa shape index (κ1) is 12.9. The molecule has 0 aromatic carbocycles. The predicted molar refractivity (Wildman–Crippen MR) is 65.4 cm³/mol. The summed E-state index contributed by atoms with van der Waals surface area (Å²) in [5.74, 6) is 0. The van der Waals surface area contributed by atoms with Crippen LogP contribution in [0.15, 0.2) is 0 Å². The zero-order chi connectivity index (χ0) is 12.8. The molecule has 0 unspecified atom stereocenters. The van der Waals surface area contributed by atoms with E-state index < -0.39 is 0 Å². The van der Waals surface area contributed by atoms with Crippen molar-refractivity contribution in [3.8, 4) is 0 Å². The number of hydrogen-bond acceptors (Lipinski definition) is 4. The van der Waals surface area contributed by atoms with Crippen molar-refractivity contribution in [1.29, 1.82) is 0 Å². The average Bonchev–Trinajstić information content (AvgIpc) is 2.39. The molecular formula is C10H20N6O2. The van der Waals surface area contributed by atoms with Crippen LogP contribution in [0.2, 0.25) is 0 Å². The number of nitrogens with one attached hydrogen (secondary N) is 4. The summed E-state index contributed by atoms with van der Waals surface area (Å²) in [6, 6.07) is -0.192. The molecule has 0 atom stereocenters. The van der Waals surface area contributed by atoms with Crippen LogP contribution in [-0.2, 0) is 0 Å². The molecule has 18 heavy (non-hydrogen) atoms. The molecule has 2 heterocycles. The summed E-state index contributed by atoms with van der Waals surface area (Å²) in [7, 11) is 0. The SMILES string of the molecule is O=C1NCN(CCCCN2CNC(=O)NC2)CN1. The van der Waals surface area contributed by atoms with Crippen molar-refractivity contribution in [2.24, 2.45) is 0 Å². The Bertz CT molecular complexity index is 261. The molecule has 0 aromatic rings. The van der Waals surface area contributed by atoms with Crippen molar-refractivity contribution in [1.82, 2.24) is 31.1 Å². The van der Waals surface area contributed by atoms with E-state index in [1.807, 2.05) is 0 Å². The van der Waals surface area contributed by atoms with Gasteiger partial charge in [-0.1, -0.05) is 0 Å². The number of urea groups is 2. The summed E-state index contributed by atoms with van der Waals surface area (Å²) in [6.07, 6.45) is 2.14. The van der Waals surface area contributed by atoms with Crippen LogP contribution in [0.5, 0.6) is 0 Å². The van der Waals surface area contributed by atoms with Crippen molar-refractivity contribution in [2.75, 3.05) is 39.8 Å². The number of carbonyl (C=O) groups is 2. The van der Waals surface area contributed by atoms with Gasteiger partial charge < -0.3 is 21.3 Å². The lowest BCUT2D eigenvalue weighted by Gasteiger charge is -2.29. The van der Waals surface area contributed by atoms with Crippen LogP contribution in [0, 0.1) is 0 Å². The van der Waals surface area contributed by atoms with Crippen LogP contribution in [0.1, 0.15) is 12.8 Å². The maximum Gasteiger partial charge on any atom is 0.316 e. The standard InChI is InChI=1S/C10H20N6O2/c17-9-11-5-15(6-12-9)3-1-2-4-16-7-13-10(18)14-8-16/h1-8H2,(H2,11,12,17)(H2,13,14,18). The van der Waals surface area contributed by atoms with Gasteiger partial charge in [-0.15, -0.1) is 0 Å². The van der Waals surface area contributed by atoms with Crippen LogP contribution in [-0.4, -0.2) is 61.6 Å². The Hall–Kier alpha value is -1.54. The van der Waals surface area contributed by atoms with Gasteiger partial charge in [-0.3, -0.25) is 9.80 Å². The smallest absolute Gasteiger partial charge is 0.316 e. The quantitative estimate of drug-likeness (QED) is 0.467. The highest BCUT2D eigenvalue weighted by atomic mass is 16.2. The Labute approximate surface area is 106 Å². The number of amides is 4. The van der Waals surface area contributed by atoms with Crippen LogP contribution < -0.4 is 21.3 Å². The van der Waals surface area contributed by atoms with Crippen molar-refractivity contribution in [3.63, 3.8) is 0 Å². The lowest BCUT2D eigenvalue weighted by atomic mass is 10.3. The Morgan fingerprint density at radius 1 is 0.722 bits per heavy atom. The molecule has 8 heteroatoms. The van der Waals surface area contributed by atoms with Gasteiger partial charge in [0.25, 0.3) is 0 Å². The Balaban J connectivity index is 1.51. The molecule has 8 nitrogen and oxygen atoms in total. The molecule has 0 aromatic heterocycles. The lowest BCUT2D eigenvalue weighted by Crippen LogP contribution is -2.54. The molecule has 2 aliphatic heterocycles. The van der Waals surface area contributed by atoms with Gasteiger partial charge in [-0.25, -0.2) is 9.59 Å². The third-order valence-electron chi connectivity index (χ3n) is 3.05. The topological polar surface area (TPSA) is 88.7 Å². The number of nitrogens with zero attached hydrogens (tertiary/aromatic N) is 2. The number of carbonyl (C=O) groups excluding carboxylic acids is 2. The van der Waals surface area contributed by atoms with Gasteiger partial charge in [0, 0.05) is 13.1 Å². The summed E-state index contributed by atoms with van der Waals surface area (Å²) in [6.45, 7) is 4.39. The molecule has 2 fully saturated rings. The minimum absolute atomic E-state index is 0.0959. The molecule has 2 aliphatic rings. The van der Waals surface area contributed by atoms with Crippen molar-refractivity contribution < 1.29 is 9.59 Å². The maximum absolute atomic E-state index is 10.9. The molecule has 102 valence electrons. The first-order chi connectivity index (χ1) is 8.74. The third-order valence-corrected chi connectivity index (χ3v) is 3.05. The number of unbranched alkanes of at least 4 members (excludes halogenated alkanes) is 1. The third kappa shape index (κ3) is 4.04. The van der Waals surface area contributed by atoms with E-state index in [9.17, 15) is 9.59 Å². The Morgan fingerprint density at radius 3 is 1.39 bits per heavy atom. The number of rotatable bonds is 5. The minimum Gasteiger partial charge on any atom is -0.325 e. The molecule has 0 saturated carbocycles. The lowest BCUT2D eigenvalue weighted by molar-refractivity contribution is 0.168. The fraction of sp³-hybridized carbons (Fsp3) is 0.800. The van der Waals surface area contributed by atoms with E-state index in [-0.39, 0.29) is 12.1 Å². The van der Waals surface area contributed by atoms with E-state index in [1.54, 1.807) is 0 Å². The van der Waals surface area contributed by atoms with Gasteiger partial charge in [0.05, 0.1) is 26.7 Å². The first-order valence-corrected chi connectivity index (χ1v) is 6.22. The summed E-state index contributed by atoms with van der Waals surface area (Å²) in [5, 5.41) is 10.9. The highest BCUT2D eigenvalue weighted by Gasteiger charge is 2.15. The largest absolute Gasteiger partial charge is 0.325 e. The monoisotopic (exact) mass is 256 g/mol. The highest BCUT2D eigenvalue weighted by Crippen LogP contribution is 1.99. The zero-order valence-corrected chi connectivity index (χ0v) is 10.4. The van der Waals surface area contributed by atoms with E-state index in [1.165, 1.54) is 0 Å². The van der Waals surface area contributed by atoms with Crippen LogP contribution in [0.25, 0.3) is 0 Å². The summed E-state index contributed by atoms with van der Waals surface area (Å²) in [5.41, 5.74) is 0.